The first-order chi connectivity index (χ1) is 11.6. The number of benzene rings is 2. The van der Waals surface area contributed by atoms with E-state index >= 15 is 0 Å². The number of carbonyl (C=O) groups is 2. The Labute approximate surface area is 141 Å². The standard InChI is InChI=1S/C19H21NO4/c1-3-23-18-11-15(12-21)9-10-17(18)24-13-19(22)20-14(2)16-7-5-4-6-8-16/h4-12,14H,3,13H2,1-2H3,(H,20,22)/t14-/m0/s1. The zero-order valence-corrected chi connectivity index (χ0v) is 13.8. The summed E-state index contributed by atoms with van der Waals surface area (Å²) < 4.78 is 11.0. The highest BCUT2D eigenvalue weighted by atomic mass is 16.5. The maximum absolute atomic E-state index is 12.1. The smallest absolute Gasteiger partial charge is 0.258 e. The minimum atomic E-state index is -0.228. The third kappa shape index (κ3) is 4.84. The van der Waals surface area contributed by atoms with Gasteiger partial charge in [0.05, 0.1) is 12.6 Å². The first kappa shape index (κ1) is 17.5. The summed E-state index contributed by atoms with van der Waals surface area (Å²) in [6.07, 6.45) is 0.737. The fourth-order valence-electron chi connectivity index (χ4n) is 2.24. The summed E-state index contributed by atoms with van der Waals surface area (Å²) in [6, 6.07) is 14.4. The van der Waals surface area contributed by atoms with E-state index in [1.165, 1.54) is 0 Å². The van der Waals surface area contributed by atoms with Gasteiger partial charge in [0.15, 0.2) is 18.1 Å². The highest BCUT2D eigenvalue weighted by molar-refractivity contribution is 5.78. The molecule has 2 rings (SSSR count). The Bertz CT molecular complexity index is 685. The van der Waals surface area contributed by atoms with Crippen LogP contribution in [-0.2, 0) is 4.79 Å². The van der Waals surface area contributed by atoms with Gasteiger partial charge in [-0.3, -0.25) is 9.59 Å². The van der Waals surface area contributed by atoms with Gasteiger partial charge < -0.3 is 14.8 Å². The molecule has 0 heterocycles. The maximum Gasteiger partial charge on any atom is 0.258 e. The van der Waals surface area contributed by atoms with Gasteiger partial charge >= 0.3 is 0 Å². The summed E-state index contributed by atoms with van der Waals surface area (Å²) in [5.41, 5.74) is 1.52. The van der Waals surface area contributed by atoms with E-state index in [1.54, 1.807) is 18.2 Å². The lowest BCUT2D eigenvalue weighted by molar-refractivity contribution is -0.123. The fourth-order valence-corrected chi connectivity index (χ4v) is 2.24. The molecule has 0 radical (unpaired) electrons. The molecule has 0 unspecified atom stereocenters. The van der Waals surface area contributed by atoms with Crippen LogP contribution in [0, 0.1) is 0 Å². The molecule has 0 bridgehead atoms. The van der Waals surface area contributed by atoms with Crippen molar-refractivity contribution in [2.24, 2.45) is 0 Å². The molecule has 0 saturated heterocycles. The average molecular weight is 327 g/mol. The number of hydrogen-bond donors (Lipinski definition) is 1. The molecular formula is C19H21NO4. The molecule has 0 fully saturated rings. The monoisotopic (exact) mass is 327 g/mol. The van der Waals surface area contributed by atoms with E-state index < -0.39 is 0 Å². The third-order valence-corrected chi connectivity index (χ3v) is 3.44. The van der Waals surface area contributed by atoms with Gasteiger partial charge in [0.2, 0.25) is 0 Å². The van der Waals surface area contributed by atoms with E-state index in [2.05, 4.69) is 5.32 Å². The highest BCUT2D eigenvalue weighted by Crippen LogP contribution is 2.28. The van der Waals surface area contributed by atoms with Crippen molar-refractivity contribution < 1.29 is 19.1 Å². The van der Waals surface area contributed by atoms with E-state index in [4.69, 9.17) is 9.47 Å². The molecule has 24 heavy (non-hydrogen) atoms. The van der Waals surface area contributed by atoms with Crippen LogP contribution in [0.4, 0.5) is 0 Å². The number of nitrogens with one attached hydrogen (secondary N) is 1. The van der Waals surface area contributed by atoms with Crippen molar-refractivity contribution in [1.29, 1.82) is 0 Å². The Kier molecular flexibility index (Phi) is 6.37. The predicted octanol–water partition coefficient (Wildman–Crippen LogP) is 3.15. The molecule has 0 spiro atoms. The minimum absolute atomic E-state index is 0.105. The first-order valence-corrected chi connectivity index (χ1v) is 7.83. The SMILES string of the molecule is CCOc1cc(C=O)ccc1OCC(=O)N[C@@H](C)c1ccccc1. The predicted molar refractivity (Wildman–Crippen MR) is 91.5 cm³/mol. The van der Waals surface area contributed by atoms with Crippen LogP contribution in [0.25, 0.3) is 0 Å². The van der Waals surface area contributed by atoms with Crippen LogP contribution in [0.5, 0.6) is 11.5 Å². The van der Waals surface area contributed by atoms with Crippen LogP contribution in [0.1, 0.15) is 35.8 Å². The molecule has 0 aromatic heterocycles. The van der Waals surface area contributed by atoms with Gasteiger partial charge in [-0.2, -0.15) is 0 Å². The van der Waals surface area contributed by atoms with Crippen molar-refractivity contribution in [2.75, 3.05) is 13.2 Å². The van der Waals surface area contributed by atoms with E-state index in [0.717, 1.165) is 11.8 Å². The molecule has 5 nitrogen and oxygen atoms in total. The molecule has 0 aliphatic heterocycles. The van der Waals surface area contributed by atoms with Crippen LogP contribution >= 0.6 is 0 Å². The zero-order chi connectivity index (χ0) is 17.4. The van der Waals surface area contributed by atoms with E-state index in [1.807, 2.05) is 44.2 Å². The quantitative estimate of drug-likeness (QED) is 0.757. The number of hydrogen-bond acceptors (Lipinski definition) is 4. The summed E-state index contributed by atoms with van der Waals surface area (Å²) in [7, 11) is 0. The molecule has 126 valence electrons. The molecule has 5 heteroatoms. The largest absolute Gasteiger partial charge is 0.490 e. The van der Waals surface area contributed by atoms with Crippen LogP contribution in [-0.4, -0.2) is 25.4 Å². The third-order valence-electron chi connectivity index (χ3n) is 3.44. The summed E-state index contributed by atoms with van der Waals surface area (Å²) in [4.78, 5) is 22.9. The Morgan fingerprint density at radius 2 is 1.88 bits per heavy atom. The van der Waals surface area contributed by atoms with Gasteiger partial charge in [-0.1, -0.05) is 30.3 Å². The van der Waals surface area contributed by atoms with Crippen molar-refractivity contribution in [2.45, 2.75) is 19.9 Å². The van der Waals surface area contributed by atoms with Gasteiger partial charge in [-0.15, -0.1) is 0 Å². The minimum Gasteiger partial charge on any atom is -0.490 e. The summed E-state index contributed by atoms with van der Waals surface area (Å²) >= 11 is 0. The molecule has 0 aliphatic rings. The van der Waals surface area contributed by atoms with Gasteiger partial charge in [-0.25, -0.2) is 0 Å². The Morgan fingerprint density at radius 1 is 1.12 bits per heavy atom. The van der Waals surface area contributed by atoms with Gasteiger partial charge in [0.1, 0.15) is 6.29 Å². The van der Waals surface area contributed by atoms with E-state index in [0.29, 0.717) is 23.7 Å². The second-order valence-electron chi connectivity index (χ2n) is 5.25. The van der Waals surface area contributed by atoms with Crippen molar-refractivity contribution in [3.63, 3.8) is 0 Å². The lowest BCUT2D eigenvalue weighted by atomic mass is 10.1. The molecular weight excluding hydrogens is 306 g/mol. The molecule has 2 aromatic rings. The molecule has 1 N–H and O–H groups in total. The molecule has 0 saturated carbocycles. The Balaban J connectivity index is 1.95. The highest BCUT2D eigenvalue weighted by Gasteiger charge is 2.12. The van der Waals surface area contributed by atoms with Gasteiger partial charge in [-0.05, 0) is 37.6 Å². The summed E-state index contributed by atoms with van der Waals surface area (Å²) in [6.45, 7) is 4.07. The molecule has 1 atom stereocenters. The second kappa shape index (κ2) is 8.72. The van der Waals surface area contributed by atoms with Crippen molar-refractivity contribution >= 4 is 12.2 Å². The fraction of sp³-hybridized carbons (Fsp3) is 0.263. The van der Waals surface area contributed by atoms with Crippen molar-refractivity contribution in [3.8, 4) is 11.5 Å². The van der Waals surface area contributed by atoms with Gasteiger partial charge in [0.25, 0.3) is 5.91 Å². The first-order valence-electron chi connectivity index (χ1n) is 7.83. The van der Waals surface area contributed by atoms with E-state index in [9.17, 15) is 9.59 Å². The summed E-state index contributed by atoms with van der Waals surface area (Å²) in [5, 5.41) is 2.88. The van der Waals surface area contributed by atoms with Crippen LogP contribution in [0.2, 0.25) is 0 Å². The van der Waals surface area contributed by atoms with Crippen molar-refractivity contribution in [3.05, 3.63) is 59.7 Å². The maximum atomic E-state index is 12.1. The summed E-state index contributed by atoms with van der Waals surface area (Å²) in [5.74, 6) is 0.657. The van der Waals surface area contributed by atoms with Gasteiger partial charge in [0, 0.05) is 5.56 Å². The molecule has 2 aromatic carbocycles. The van der Waals surface area contributed by atoms with E-state index in [-0.39, 0.29) is 18.6 Å². The van der Waals surface area contributed by atoms with Crippen molar-refractivity contribution in [1.82, 2.24) is 5.32 Å². The van der Waals surface area contributed by atoms with Crippen LogP contribution in [0.15, 0.2) is 48.5 Å². The lowest BCUT2D eigenvalue weighted by Crippen LogP contribution is -2.31. The second-order valence-corrected chi connectivity index (χ2v) is 5.25. The lowest BCUT2D eigenvalue weighted by Gasteiger charge is -2.16. The number of amides is 1. The zero-order valence-electron chi connectivity index (χ0n) is 13.8. The number of aldehydes is 1. The Hall–Kier alpha value is -2.82. The molecule has 1 amide bonds. The molecule has 0 aliphatic carbocycles. The number of carbonyl (C=O) groups excluding carboxylic acids is 2. The van der Waals surface area contributed by atoms with Crippen LogP contribution in [0.3, 0.4) is 0 Å². The topological polar surface area (TPSA) is 64.6 Å². The number of ether oxygens (including phenoxy) is 2. The van der Waals surface area contributed by atoms with Crippen LogP contribution < -0.4 is 14.8 Å². The normalized spacial score (nSPS) is 11.4. The Morgan fingerprint density at radius 3 is 2.54 bits per heavy atom. The number of rotatable bonds is 8. The average Bonchev–Trinajstić information content (AvgIpc) is 2.61.